The molecule has 0 aliphatic rings. The third kappa shape index (κ3) is 3.57. The van der Waals surface area contributed by atoms with Gasteiger partial charge in [-0.15, -0.1) is 0 Å². The number of amides is 1. The molecule has 0 unspecified atom stereocenters. The van der Waals surface area contributed by atoms with Crippen LogP contribution in [-0.4, -0.2) is 11.0 Å². The van der Waals surface area contributed by atoms with Gasteiger partial charge in [-0.2, -0.15) is 0 Å². The fourth-order valence-corrected chi connectivity index (χ4v) is 1.51. The molecule has 1 rings (SSSR count). The second-order valence-electron chi connectivity index (χ2n) is 3.85. The SMILES string of the molecule is CCCCc1cc(O)ccc1NC(=O)CC. The van der Waals surface area contributed by atoms with E-state index >= 15 is 0 Å². The highest BCUT2D eigenvalue weighted by molar-refractivity contribution is 5.91. The van der Waals surface area contributed by atoms with E-state index in [0.717, 1.165) is 30.5 Å². The summed E-state index contributed by atoms with van der Waals surface area (Å²) in [6, 6.07) is 5.08. The van der Waals surface area contributed by atoms with Gasteiger partial charge in [-0.3, -0.25) is 4.79 Å². The smallest absolute Gasteiger partial charge is 0.224 e. The van der Waals surface area contributed by atoms with Gasteiger partial charge >= 0.3 is 0 Å². The van der Waals surface area contributed by atoms with Gasteiger partial charge in [-0.05, 0) is 36.6 Å². The number of carbonyl (C=O) groups is 1. The minimum atomic E-state index is 0.00318. The number of anilines is 1. The van der Waals surface area contributed by atoms with E-state index in [-0.39, 0.29) is 11.7 Å². The Balaban J connectivity index is 2.84. The quantitative estimate of drug-likeness (QED) is 0.751. The van der Waals surface area contributed by atoms with Crippen LogP contribution in [0.4, 0.5) is 5.69 Å². The van der Waals surface area contributed by atoms with Gasteiger partial charge in [-0.25, -0.2) is 0 Å². The Bertz CT molecular complexity index is 361. The van der Waals surface area contributed by atoms with Crippen LogP contribution in [0.3, 0.4) is 0 Å². The molecular weight excluding hydrogens is 202 g/mol. The fraction of sp³-hybridized carbons (Fsp3) is 0.462. The molecule has 1 amide bonds. The summed E-state index contributed by atoms with van der Waals surface area (Å²) in [5.74, 6) is 0.254. The summed E-state index contributed by atoms with van der Waals surface area (Å²) in [5.41, 5.74) is 1.82. The van der Waals surface area contributed by atoms with E-state index in [9.17, 15) is 9.90 Å². The van der Waals surface area contributed by atoms with Crippen molar-refractivity contribution in [2.45, 2.75) is 39.5 Å². The van der Waals surface area contributed by atoms with Crippen LogP contribution in [0.15, 0.2) is 18.2 Å². The van der Waals surface area contributed by atoms with Crippen molar-refractivity contribution in [1.82, 2.24) is 0 Å². The van der Waals surface area contributed by atoms with E-state index < -0.39 is 0 Å². The van der Waals surface area contributed by atoms with Crippen molar-refractivity contribution < 1.29 is 9.90 Å². The third-order valence-corrected chi connectivity index (χ3v) is 2.48. The second kappa shape index (κ2) is 6.16. The van der Waals surface area contributed by atoms with E-state index in [1.165, 1.54) is 0 Å². The zero-order chi connectivity index (χ0) is 12.0. The Morgan fingerprint density at radius 2 is 2.12 bits per heavy atom. The lowest BCUT2D eigenvalue weighted by molar-refractivity contribution is -0.115. The summed E-state index contributed by atoms with van der Waals surface area (Å²) in [4.78, 5) is 11.3. The summed E-state index contributed by atoms with van der Waals surface area (Å²) >= 11 is 0. The number of rotatable bonds is 5. The van der Waals surface area contributed by atoms with Crippen LogP contribution in [0.5, 0.6) is 5.75 Å². The first-order valence-corrected chi connectivity index (χ1v) is 5.79. The van der Waals surface area contributed by atoms with Crippen molar-refractivity contribution in [2.24, 2.45) is 0 Å². The maximum Gasteiger partial charge on any atom is 0.224 e. The van der Waals surface area contributed by atoms with Gasteiger partial charge in [0.25, 0.3) is 0 Å². The van der Waals surface area contributed by atoms with Gasteiger partial charge < -0.3 is 10.4 Å². The van der Waals surface area contributed by atoms with Crippen molar-refractivity contribution in [2.75, 3.05) is 5.32 Å². The number of unbranched alkanes of at least 4 members (excludes halogenated alkanes) is 1. The monoisotopic (exact) mass is 221 g/mol. The molecule has 0 saturated heterocycles. The lowest BCUT2D eigenvalue weighted by Crippen LogP contribution is -2.11. The van der Waals surface area contributed by atoms with Gasteiger partial charge in [-0.1, -0.05) is 20.3 Å². The molecule has 88 valence electrons. The number of aryl methyl sites for hydroxylation is 1. The molecule has 1 aromatic carbocycles. The number of phenolic OH excluding ortho intramolecular Hbond substituents is 1. The number of hydrogen-bond donors (Lipinski definition) is 2. The van der Waals surface area contributed by atoms with Crippen LogP contribution in [0.1, 0.15) is 38.7 Å². The Hall–Kier alpha value is -1.51. The van der Waals surface area contributed by atoms with Crippen molar-refractivity contribution in [3.8, 4) is 5.75 Å². The summed E-state index contributed by atoms with van der Waals surface area (Å²) in [7, 11) is 0. The minimum Gasteiger partial charge on any atom is -0.508 e. The molecule has 3 nitrogen and oxygen atoms in total. The van der Waals surface area contributed by atoms with Gasteiger partial charge in [0.15, 0.2) is 0 Å². The second-order valence-corrected chi connectivity index (χ2v) is 3.85. The van der Waals surface area contributed by atoms with Crippen LogP contribution in [0, 0.1) is 0 Å². The number of hydrogen-bond acceptors (Lipinski definition) is 2. The predicted octanol–water partition coefficient (Wildman–Crippen LogP) is 3.08. The molecule has 0 aromatic heterocycles. The molecule has 0 fully saturated rings. The van der Waals surface area contributed by atoms with Crippen molar-refractivity contribution in [3.63, 3.8) is 0 Å². The standard InChI is InChI=1S/C13H19NO2/c1-3-5-6-10-9-11(15)7-8-12(10)14-13(16)4-2/h7-9,15H,3-6H2,1-2H3,(H,14,16). The molecule has 0 radical (unpaired) electrons. The average Bonchev–Trinajstić information content (AvgIpc) is 2.29. The van der Waals surface area contributed by atoms with E-state index in [0.29, 0.717) is 6.42 Å². The third-order valence-electron chi connectivity index (χ3n) is 2.48. The highest BCUT2D eigenvalue weighted by Gasteiger charge is 2.06. The molecule has 1 aromatic rings. The lowest BCUT2D eigenvalue weighted by Gasteiger charge is -2.10. The lowest BCUT2D eigenvalue weighted by atomic mass is 10.1. The number of benzene rings is 1. The van der Waals surface area contributed by atoms with Gasteiger partial charge in [0, 0.05) is 12.1 Å². The number of carbonyl (C=O) groups excluding carboxylic acids is 1. The highest BCUT2D eigenvalue weighted by atomic mass is 16.3. The van der Waals surface area contributed by atoms with Crippen LogP contribution >= 0.6 is 0 Å². The molecule has 0 saturated carbocycles. The van der Waals surface area contributed by atoms with Crippen molar-refractivity contribution >= 4 is 11.6 Å². The summed E-state index contributed by atoms with van der Waals surface area (Å²) in [6.07, 6.45) is 3.49. The summed E-state index contributed by atoms with van der Waals surface area (Å²) in [5, 5.41) is 12.3. The topological polar surface area (TPSA) is 49.3 Å². The molecular formula is C13H19NO2. The fourth-order valence-electron chi connectivity index (χ4n) is 1.51. The van der Waals surface area contributed by atoms with Crippen LogP contribution < -0.4 is 5.32 Å². The van der Waals surface area contributed by atoms with Crippen molar-refractivity contribution in [3.05, 3.63) is 23.8 Å². The number of aromatic hydroxyl groups is 1. The average molecular weight is 221 g/mol. The summed E-state index contributed by atoms with van der Waals surface area (Å²) in [6.45, 7) is 3.94. The van der Waals surface area contributed by atoms with E-state index in [1.807, 2.05) is 6.92 Å². The largest absolute Gasteiger partial charge is 0.508 e. The zero-order valence-corrected chi connectivity index (χ0v) is 9.92. The Kier molecular flexibility index (Phi) is 4.83. The normalized spacial score (nSPS) is 10.1. The molecule has 0 aliphatic heterocycles. The maximum absolute atomic E-state index is 11.3. The molecule has 3 heteroatoms. The van der Waals surface area contributed by atoms with E-state index in [2.05, 4.69) is 12.2 Å². The van der Waals surface area contributed by atoms with Crippen molar-refractivity contribution in [1.29, 1.82) is 0 Å². The van der Waals surface area contributed by atoms with Crippen LogP contribution in [0.25, 0.3) is 0 Å². The van der Waals surface area contributed by atoms with Gasteiger partial charge in [0.1, 0.15) is 5.75 Å². The molecule has 0 bridgehead atoms. The molecule has 0 atom stereocenters. The first-order valence-electron chi connectivity index (χ1n) is 5.79. The molecule has 0 aliphatic carbocycles. The van der Waals surface area contributed by atoms with Crippen LogP contribution in [-0.2, 0) is 11.2 Å². The van der Waals surface area contributed by atoms with E-state index in [1.54, 1.807) is 18.2 Å². The first-order chi connectivity index (χ1) is 7.67. The highest BCUT2D eigenvalue weighted by Crippen LogP contribution is 2.23. The predicted molar refractivity (Wildman–Crippen MR) is 65.6 cm³/mol. The molecule has 16 heavy (non-hydrogen) atoms. The summed E-state index contributed by atoms with van der Waals surface area (Å²) < 4.78 is 0. The first kappa shape index (κ1) is 12.6. The Labute approximate surface area is 96.5 Å². The van der Waals surface area contributed by atoms with Gasteiger partial charge in [0.2, 0.25) is 5.91 Å². The maximum atomic E-state index is 11.3. The molecule has 0 heterocycles. The Morgan fingerprint density at radius 3 is 2.75 bits per heavy atom. The molecule has 2 N–H and O–H groups in total. The number of nitrogens with one attached hydrogen (secondary N) is 1. The Morgan fingerprint density at radius 1 is 1.38 bits per heavy atom. The minimum absolute atomic E-state index is 0.00318. The van der Waals surface area contributed by atoms with Crippen LogP contribution in [0.2, 0.25) is 0 Å². The van der Waals surface area contributed by atoms with E-state index in [4.69, 9.17) is 0 Å². The molecule has 0 spiro atoms. The zero-order valence-electron chi connectivity index (χ0n) is 9.92. The number of phenols is 1. The van der Waals surface area contributed by atoms with Gasteiger partial charge in [0.05, 0.1) is 0 Å².